The Kier molecular flexibility index (Phi) is 13.5. The third-order valence-electron chi connectivity index (χ3n) is 5.95. The van der Waals surface area contributed by atoms with Crippen molar-refractivity contribution in [2.24, 2.45) is 0 Å². The van der Waals surface area contributed by atoms with Crippen molar-refractivity contribution in [3.05, 3.63) is 141 Å². The van der Waals surface area contributed by atoms with Gasteiger partial charge in [-0.05, 0) is 77.4 Å². The lowest BCUT2D eigenvalue weighted by Gasteiger charge is -2.04. The Hall–Kier alpha value is -5.14. The molecule has 4 rings (SSSR count). The number of benzene rings is 4. The van der Waals surface area contributed by atoms with Gasteiger partial charge in [-0.1, -0.05) is 127 Å². The van der Waals surface area contributed by atoms with Crippen molar-refractivity contribution in [3.8, 4) is 0 Å². The fourth-order valence-corrected chi connectivity index (χ4v) is 3.79. The second-order valence-corrected chi connectivity index (χ2v) is 9.02. The Morgan fingerprint density at radius 1 is 0.450 bits per heavy atom. The average molecular weight is 529 g/mol. The molecule has 4 aromatic rings. The summed E-state index contributed by atoms with van der Waals surface area (Å²) >= 11 is 0. The van der Waals surface area contributed by atoms with Gasteiger partial charge in [-0.25, -0.2) is 0 Å². The minimum absolute atomic E-state index is 0.250. The van der Waals surface area contributed by atoms with Crippen LogP contribution in [0.5, 0.6) is 0 Å². The number of hydrogen-bond acceptors (Lipinski definition) is 4. The van der Waals surface area contributed by atoms with Crippen LogP contribution in [0, 0.1) is 13.8 Å². The molecule has 0 saturated carbocycles. The Balaban J connectivity index is 0.000000858. The van der Waals surface area contributed by atoms with Crippen LogP contribution in [0.25, 0.3) is 36.5 Å². The summed E-state index contributed by atoms with van der Waals surface area (Å²) in [6, 6.07) is 32.8. The molecule has 0 bridgehead atoms. The maximum Gasteiger partial charge on any atom is 0.373 e. The first-order valence-corrected chi connectivity index (χ1v) is 12.8. The van der Waals surface area contributed by atoms with Crippen molar-refractivity contribution < 1.29 is 19.2 Å². The molecule has 0 aliphatic carbocycles. The van der Waals surface area contributed by atoms with Crippen LogP contribution in [0.15, 0.2) is 91.0 Å². The van der Waals surface area contributed by atoms with Crippen LogP contribution in [0.1, 0.15) is 57.0 Å². The Bertz CT molecular complexity index is 1410. The van der Waals surface area contributed by atoms with Crippen molar-refractivity contribution in [2.45, 2.75) is 27.2 Å². The van der Waals surface area contributed by atoms with E-state index in [4.69, 9.17) is 19.2 Å². The predicted molar refractivity (Wildman–Crippen MR) is 161 cm³/mol. The molecule has 4 nitrogen and oxygen atoms in total. The van der Waals surface area contributed by atoms with Crippen molar-refractivity contribution in [2.75, 3.05) is 0 Å². The van der Waals surface area contributed by atoms with E-state index in [0.29, 0.717) is 0 Å². The maximum absolute atomic E-state index is 8.12. The van der Waals surface area contributed by atoms with E-state index in [1.165, 1.54) is 50.1 Å². The van der Waals surface area contributed by atoms with Crippen LogP contribution in [0.2, 0.25) is 0 Å². The molecule has 0 heterocycles. The Labute approximate surface area is 236 Å². The van der Waals surface area contributed by atoms with Crippen LogP contribution in [0.4, 0.5) is 0 Å². The first-order chi connectivity index (χ1) is 19.4. The number of rotatable bonds is 7. The highest BCUT2D eigenvalue weighted by Gasteiger charge is 1.98. The fourth-order valence-electron chi connectivity index (χ4n) is 3.79. The van der Waals surface area contributed by atoms with Crippen molar-refractivity contribution >= 4 is 48.8 Å². The summed E-state index contributed by atoms with van der Waals surface area (Å²) in [7, 11) is 0. The first kappa shape index (κ1) is 31.1. The minimum atomic E-state index is 0.250. The summed E-state index contributed by atoms with van der Waals surface area (Å²) in [4.78, 5) is 32.5. The normalized spacial score (nSPS) is 10.4. The number of hydrogen-bond donors (Lipinski definition) is 0. The second-order valence-electron chi connectivity index (χ2n) is 9.02. The van der Waals surface area contributed by atoms with Crippen molar-refractivity contribution in [1.82, 2.24) is 0 Å². The first-order valence-electron chi connectivity index (χ1n) is 12.8. The highest BCUT2D eigenvalue weighted by molar-refractivity contribution is 5.78. The lowest BCUT2D eigenvalue weighted by atomic mass is 10.0. The zero-order valence-electron chi connectivity index (χ0n) is 23.0. The highest BCUT2D eigenvalue weighted by Crippen LogP contribution is 2.19. The highest BCUT2D eigenvalue weighted by atomic mass is 16.2. The van der Waals surface area contributed by atoms with Gasteiger partial charge in [0.05, 0.1) is 0 Å². The van der Waals surface area contributed by atoms with E-state index < -0.39 is 0 Å². The molecular formula is C36H32O4. The minimum Gasteiger partial charge on any atom is -0.186 e. The second kappa shape index (κ2) is 17.4. The molecule has 0 spiro atoms. The zero-order valence-corrected chi connectivity index (χ0v) is 23.0. The molecule has 200 valence electrons. The van der Waals surface area contributed by atoms with Gasteiger partial charge >= 0.3 is 12.3 Å². The predicted octanol–water partition coefficient (Wildman–Crippen LogP) is 8.21. The van der Waals surface area contributed by atoms with Gasteiger partial charge in [0.2, 0.25) is 0 Å². The molecule has 0 atom stereocenters. The molecule has 0 N–H and O–H groups in total. The van der Waals surface area contributed by atoms with Crippen molar-refractivity contribution in [3.63, 3.8) is 0 Å². The molecule has 0 unspecified atom stereocenters. The standard InChI is InChI=1S/C34H32.2CO2/c1-4-28-13-15-31(16-14-28)19-22-34-24-32(20-17-29-9-5-26(2)6-10-29)23-33(25-34)21-18-30-11-7-27(3)8-12-30;2*2-1-3/h5-25H,4H2,1-3H3;;/b20-17+,21-18+,22-19+;;. The van der Waals surface area contributed by atoms with E-state index in [-0.39, 0.29) is 12.3 Å². The van der Waals surface area contributed by atoms with Crippen LogP contribution in [-0.2, 0) is 25.6 Å². The summed E-state index contributed by atoms with van der Waals surface area (Å²) in [5.74, 6) is 0. The third kappa shape index (κ3) is 11.5. The van der Waals surface area contributed by atoms with E-state index in [0.717, 1.165) is 6.42 Å². The molecule has 0 aromatic heterocycles. The van der Waals surface area contributed by atoms with Crippen molar-refractivity contribution in [1.29, 1.82) is 0 Å². The number of aryl methyl sites for hydroxylation is 3. The zero-order chi connectivity index (χ0) is 29.2. The summed E-state index contributed by atoms with van der Waals surface area (Å²) < 4.78 is 0. The van der Waals surface area contributed by atoms with Crippen LogP contribution < -0.4 is 0 Å². The van der Waals surface area contributed by atoms with Crippen LogP contribution >= 0.6 is 0 Å². The molecule has 40 heavy (non-hydrogen) atoms. The monoisotopic (exact) mass is 528 g/mol. The molecule has 4 heteroatoms. The smallest absolute Gasteiger partial charge is 0.186 e. The molecule has 0 radical (unpaired) electrons. The van der Waals surface area contributed by atoms with Gasteiger partial charge in [0, 0.05) is 0 Å². The molecule has 0 aliphatic rings. The molecule has 4 aromatic carbocycles. The lowest BCUT2D eigenvalue weighted by Crippen LogP contribution is -1.83. The number of carbonyl (C=O) groups excluding carboxylic acids is 4. The largest absolute Gasteiger partial charge is 0.373 e. The lowest BCUT2D eigenvalue weighted by molar-refractivity contribution is -0.193. The Morgan fingerprint density at radius 3 is 0.975 bits per heavy atom. The third-order valence-corrected chi connectivity index (χ3v) is 5.95. The van der Waals surface area contributed by atoms with E-state index in [1.54, 1.807) is 0 Å². The van der Waals surface area contributed by atoms with Crippen LogP contribution in [-0.4, -0.2) is 12.3 Å². The molecule has 0 aliphatic heterocycles. The van der Waals surface area contributed by atoms with E-state index in [1.807, 2.05) is 0 Å². The molecule has 0 amide bonds. The van der Waals surface area contributed by atoms with Gasteiger partial charge in [0.1, 0.15) is 0 Å². The Morgan fingerprint density at radius 2 is 0.700 bits per heavy atom. The van der Waals surface area contributed by atoms with E-state index in [9.17, 15) is 0 Å². The maximum atomic E-state index is 8.12. The van der Waals surface area contributed by atoms with E-state index in [2.05, 4.69) is 148 Å². The summed E-state index contributed by atoms with van der Waals surface area (Å²) in [6.45, 7) is 6.42. The van der Waals surface area contributed by atoms with Gasteiger partial charge in [0.25, 0.3) is 0 Å². The SMILES string of the molecule is CCc1ccc(/C=C/c2cc(/C=C/c3ccc(C)cc3)cc(/C=C/c3ccc(C)cc3)c2)cc1.O=C=O.O=C=O. The van der Waals surface area contributed by atoms with Gasteiger partial charge < -0.3 is 0 Å². The molecule has 0 fully saturated rings. The van der Waals surface area contributed by atoms with E-state index >= 15 is 0 Å². The summed E-state index contributed by atoms with van der Waals surface area (Å²) in [5, 5.41) is 0. The van der Waals surface area contributed by atoms with Gasteiger partial charge in [-0.3, -0.25) is 0 Å². The van der Waals surface area contributed by atoms with Gasteiger partial charge in [-0.2, -0.15) is 19.2 Å². The average Bonchev–Trinajstić information content (AvgIpc) is 2.97. The van der Waals surface area contributed by atoms with Gasteiger partial charge in [0.15, 0.2) is 0 Å². The summed E-state index contributed by atoms with van der Waals surface area (Å²) in [6.07, 6.45) is 14.7. The molecule has 0 saturated heterocycles. The quantitative estimate of drug-likeness (QED) is 0.227. The fraction of sp³-hybridized carbons (Fsp3) is 0.111. The molecular weight excluding hydrogens is 496 g/mol. The topological polar surface area (TPSA) is 68.3 Å². The van der Waals surface area contributed by atoms with Crippen LogP contribution in [0.3, 0.4) is 0 Å². The summed E-state index contributed by atoms with van der Waals surface area (Å²) in [5.41, 5.74) is 11.1. The van der Waals surface area contributed by atoms with Gasteiger partial charge in [-0.15, -0.1) is 0 Å².